The first-order valence-electron chi connectivity index (χ1n) is 6.07. The molecule has 2 aromatic rings. The van der Waals surface area contributed by atoms with Crippen LogP contribution in [0.15, 0.2) is 48.5 Å². The van der Waals surface area contributed by atoms with Gasteiger partial charge in [0.2, 0.25) is 0 Å². The Morgan fingerprint density at radius 3 is 2.40 bits per heavy atom. The smallest absolute Gasteiger partial charge is 0.169 e. The molecule has 0 aliphatic heterocycles. The maximum Gasteiger partial charge on any atom is 0.169 e. The van der Waals surface area contributed by atoms with Gasteiger partial charge < -0.3 is 4.74 Å². The van der Waals surface area contributed by atoms with E-state index in [1.54, 1.807) is 31.4 Å². The first-order valence-corrected chi connectivity index (χ1v) is 6.85. The van der Waals surface area contributed by atoms with E-state index in [1.807, 2.05) is 24.3 Å². The summed E-state index contributed by atoms with van der Waals surface area (Å²) in [5.74, 6) is 0.686. The Morgan fingerprint density at radius 2 is 1.80 bits per heavy atom. The summed E-state index contributed by atoms with van der Waals surface area (Å²) in [4.78, 5) is 12.8. The molecule has 0 spiro atoms. The maximum atomic E-state index is 12.2. The summed E-state index contributed by atoms with van der Waals surface area (Å²) in [7, 11) is 1.61. The highest BCUT2D eigenvalue weighted by atomic mass is 35.5. The number of methoxy groups -OCH3 is 1. The second kappa shape index (κ2) is 6.64. The molecular formula is C16H13ClO2S. The number of hydrogen-bond acceptors (Lipinski definition) is 3. The van der Waals surface area contributed by atoms with Crippen LogP contribution in [0, 0.1) is 0 Å². The first-order chi connectivity index (χ1) is 9.61. The van der Waals surface area contributed by atoms with E-state index >= 15 is 0 Å². The van der Waals surface area contributed by atoms with E-state index in [1.165, 1.54) is 0 Å². The molecule has 0 aliphatic rings. The zero-order valence-electron chi connectivity index (χ0n) is 10.9. The molecule has 0 amide bonds. The van der Waals surface area contributed by atoms with Crippen molar-refractivity contribution >= 4 is 34.5 Å². The minimum Gasteiger partial charge on any atom is -0.497 e. The van der Waals surface area contributed by atoms with Crippen LogP contribution in [0.3, 0.4) is 0 Å². The lowest BCUT2D eigenvalue weighted by molar-refractivity contribution is 0.100. The van der Waals surface area contributed by atoms with Crippen LogP contribution < -0.4 is 4.74 Å². The van der Waals surface area contributed by atoms with Gasteiger partial charge in [0, 0.05) is 16.8 Å². The van der Waals surface area contributed by atoms with Crippen LogP contribution in [-0.2, 0) is 0 Å². The largest absolute Gasteiger partial charge is 0.497 e. The molecule has 0 aromatic heterocycles. The number of carbonyl (C=O) groups excluding carboxylic acids is 1. The second-order valence-corrected chi connectivity index (χ2v) is 5.13. The van der Waals surface area contributed by atoms with Crippen molar-refractivity contribution in [2.75, 3.05) is 7.11 Å². The van der Waals surface area contributed by atoms with Crippen molar-refractivity contribution in [3.63, 3.8) is 0 Å². The van der Waals surface area contributed by atoms with Gasteiger partial charge in [-0.25, -0.2) is 0 Å². The number of carbonyl (C=O) groups is 1. The van der Waals surface area contributed by atoms with Crippen LogP contribution in [0.1, 0.15) is 22.3 Å². The Labute approximate surface area is 128 Å². The van der Waals surface area contributed by atoms with Gasteiger partial charge in [0.1, 0.15) is 5.75 Å². The molecule has 0 saturated heterocycles. The zero-order valence-corrected chi connectivity index (χ0v) is 12.5. The molecule has 20 heavy (non-hydrogen) atoms. The summed E-state index contributed by atoms with van der Waals surface area (Å²) in [5.41, 5.74) is 1.35. The summed E-state index contributed by atoms with van der Waals surface area (Å²) >= 11 is 11.3. The van der Waals surface area contributed by atoms with Crippen molar-refractivity contribution in [2.45, 2.75) is 6.42 Å². The van der Waals surface area contributed by atoms with E-state index in [2.05, 4.69) is 0 Å². The maximum absolute atomic E-state index is 12.2. The van der Waals surface area contributed by atoms with E-state index in [0.29, 0.717) is 15.5 Å². The van der Waals surface area contributed by atoms with Gasteiger partial charge in [-0.15, -0.1) is 0 Å². The molecule has 0 aliphatic carbocycles. The molecule has 2 rings (SSSR count). The molecule has 0 fully saturated rings. The number of hydrogen-bond donors (Lipinski definition) is 0. The quantitative estimate of drug-likeness (QED) is 0.607. The van der Waals surface area contributed by atoms with Crippen LogP contribution in [0.5, 0.6) is 5.75 Å². The van der Waals surface area contributed by atoms with Crippen LogP contribution in [-0.4, -0.2) is 17.8 Å². The van der Waals surface area contributed by atoms with Crippen LogP contribution >= 0.6 is 23.8 Å². The van der Waals surface area contributed by atoms with Crippen LogP contribution in [0.25, 0.3) is 0 Å². The van der Waals surface area contributed by atoms with Gasteiger partial charge >= 0.3 is 0 Å². The third-order valence-corrected chi connectivity index (χ3v) is 3.62. The summed E-state index contributed by atoms with van der Waals surface area (Å²) < 4.78 is 5.09. The lowest BCUT2D eigenvalue weighted by atomic mass is 10.0. The molecule has 2 nitrogen and oxygen atoms in total. The summed E-state index contributed by atoms with van der Waals surface area (Å²) in [6, 6.07) is 14.3. The van der Waals surface area contributed by atoms with Gasteiger partial charge in [0.05, 0.1) is 12.1 Å². The summed E-state index contributed by atoms with van der Waals surface area (Å²) in [6.45, 7) is 0. The lowest BCUT2D eigenvalue weighted by Gasteiger charge is -2.06. The Bertz CT molecular complexity index is 635. The number of ketones is 1. The van der Waals surface area contributed by atoms with Crippen molar-refractivity contribution in [1.29, 1.82) is 0 Å². The van der Waals surface area contributed by atoms with Gasteiger partial charge in [0.15, 0.2) is 5.78 Å². The molecule has 4 heteroatoms. The van der Waals surface area contributed by atoms with Gasteiger partial charge in [-0.2, -0.15) is 0 Å². The van der Waals surface area contributed by atoms with Crippen LogP contribution in [0.4, 0.5) is 0 Å². The Morgan fingerprint density at radius 1 is 1.15 bits per heavy atom. The molecule has 2 aromatic carbocycles. The van der Waals surface area contributed by atoms with E-state index in [9.17, 15) is 4.79 Å². The SMILES string of the molecule is COc1ccc(C(=S)CC(=O)c2ccccc2Cl)cc1. The molecule has 0 radical (unpaired) electrons. The molecule has 0 unspecified atom stereocenters. The molecule has 0 bridgehead atoms. The standard InChI is InChI=1S/C16H13ClO2S/c1-19-12-8-6-11(7-9-12)16(20)10-15(18)13-4-2-3-5-14(13)17/h2-9H,10H2,1H3. The Kier molecular flexibility index (Phi) is 4.88. The number of thiocarbonyl (C=S) groups is 1. The predicted molar refractivity (Wildman–Crippen MR) is 85.1 cm³/mol. The van der Waals surface area contributed by atoms with E-state index in [4.69, 9.17) is 28.6 Å². The van der Waals surface area contributed by atoms with E-state index in [0.717, 1.165) is 11.3 Å². The van der Waals surface area contributed by atoms with E-state index in [-0.39, 0.29) is 12.2 Å². The molecule has 0 N–H and O–H groups in total. The van der Waals surface area contributed by atoms with Crippen molar-refractivity contribution < 1.29 is 9.53 Å². The van der Waals surface area contributed by atoms with E-state index < -0.39 is 0 Å². The second-order valence-electron chi connectivity index (χ2n) is 4.23. The normalized spacial score (nSPS) is 10.1. The third-order valence-electron chi connectivity index (χ3n) is 2.91. The number of ether oxygens (including phenoxy) is 1. The van der Waals surface area contributed by atoms with Crippen molar-refractivity contribution in [3.8, 4) is 5.75 Å². The fourth-order valence-electron chi connectivity index (χ4n) is 1.81. The topological polar surface area (TPSA) is 26.3 Å². The Hall–Kier alpha value is -1.71. The number of Topliss-reactive ketones (excluding diaryl/α,β-unsaturated/α-hetero) is 1. The number of rotatable bonds is 5. The minimum atomic E-state index is -0.0728. The average Bonchev–Trinajstić information content (AvgIpc) is 2.47. The summed E-state index contributed by atoms with van der Waals surface area (Å²) in [6.07, 6.45) is 0.172. The van der Waals surface area contributed by atoms with Gasteiger partial charge in [-0.05, 0) is 29.8 Å². The highest BCUT2D eigenvalue weighted by Gasteiger charge is 2.13. The van der Waals surface area contributed by atoms with Crippen molar-refractivity contribution in [1.82, 2.24) is 0 Å². The number of halogens is 1. The lowest BCUT2D eigenvalue weighted by Crippen LogP contribution is -2.08. The molecule has 0 atom stereocenters. The number of benzene rings is 2. The van der Waals surface area contributed by atoms with Gasteiger partial charge in [-0.3, -0.25) is 4.79 Å². The zero-order chi connectivity index (χ0) is 14.5. The first kappa shape index (κ1) is 14.7. The Balaban J connectivity index is 2.11. The van der Waals surface area contributed by atoms with Gasteiger partial charge in [0.25, 0.3) is 0 Å². The average molecular weight is 305 g/mol. The predicted octanol–water partition coefficient (Wildman–Crippen LogP) is 4.34. The van der Waals surface area contributed by atoms with Gasteiger partial charge in [-0.1, -0.05) is 48.1 Å². The fraction of sp³-hybridized carbons (Fsp3) is 0.125. The monoisotopic (exact) mass is 304 g/mol. The minimum absolute atomic E-state index is 0.0728. The van der Waals surface area contributed by atoms with Crippen molar-refractivity contribution in [2.24, 2.45) is 0 Å². The fourth-order valence-corrected chi connectivity index (χ4v) is 2.32. The van der Waals surface area contributed by atoms with Crippen LogP contribution in [0.2, 0.25) is 5.02 Å². The molecule has 102 valence electrons. The molecule has 0 heterocycles. The highest BCUT2D eigenvalue weighted by Crippen LogP contribution is 2.19. The summed E-state index contributed by atoms with van der Waals surface area (Å²) in [5, 5.41) is 0.454. The third kappa shape index (κ3) is 3.44. The highest BCUT2D eigenvalue weighted by molar-refractivity contribution is 7.80. The molecule has 0 saturated carbocycles. The van der Waals surface area contributed by atoms with Crippen molar-refractivity contribution in [3.05, 3.63) is 64.7 Å². The molecular weight excluding hydrogens is 292 g/mol.